The Morgan fingerprint density at radius 3 is 2.69 bits per heavy atom. The van der Waals surface area contributed by atoms with Gasteiger partial charge < -0.3 is 4.74 Å². The fourth-order valence-corrected chi connectivity index (χ4v) is 1.93. The Hall–Kier alpha value is -0.910. The standard InChI is InChI=1S/C11H22N4O/c1-5-11(3,16-6-2)10(14-12)9-7-13-15(4)8-9/h7-8,10,14H,5-6,12H2,1-4H3. The highest BCUT2D eigenvalue weighted by molar-refractivity contribution is 5.15. The van der Waals surface area contributed by atoms with E-state index in [1.54, 1.807) is 4.68 Å². The zero-order chi connectivity index (χ0) is 12.2. The first kappa shape index (κ1) is 13.2. The lowest BCUT2D eigenvalue weighted by molar-refractivity contribution is -0.0564. The topological polar surface area (TPSA) is 65.1 Å². The summed E-state index contributed by atoms with van der Waals surface area (Å²) in [7, 11) is 1.89. The molecule has 5 heteroatoms. The number of nitrogens with zero attached hydrogens (tertiary/aromatic N) is 2. The highest BCUT2D eigenvalue weighted by atomic mass is 16.5. The summed E-state index contributed by atoms with van der Waals surface area (Å²) in [5.41, 5.74) is 3.56. The third-order valence-corrected chi connectivity index (χ3v) is 3.01. The van der Waals surface area contributed by atoms with Gasteiger partial charge in [-0.2, -0.15) is 5.10 Å². The van der Waals surface area contributed by atoms with Gasteiger partial charge in [-0.15, -0.1) is 0 Å². The average Bonchev–Trinajstić information content (AvgIpc) is 2.66. The van der Waals surface area contributed by atoms with Crippen molar-refractivity contribution in [3.05, 3.63) is 18.0 Å². The zero-order valence-electron chi connectivity index (χ0n) is 10.5. The van der Waals surface area contributed by atoms with E-state index in [-0.39, 0.29) is 11.6 Å². The van der Waals surface area contributed by atoms with E-state index in [1.165, 1.54) is 0 Å². The maximum Gasteiger partial charge on any atom is 0.0859 e. The number of aromatic nitrogens is 2. The summed E-state index contributed by atoms with van der Waals surface area (Å²) in [5, 5.41) is 4.16. The molecule has 0 radical (unpaired) electrons. The molecule has 1 heterocycles. The summed E-state index contributed by atoms with van der Waals surface area (Å²) in [4.78, 5) is 0. The van der Waals surface area contributed by atoms with Gasteiger partial charge in [0.1, 0.15) is 0 Å². The van der Waals surface area contributed by atoms with Crippen LogP contribution in [0.3, 0.4) is 0 Å². The highest BCUT2D eigenvalue weighted by Gasteiger charge is 2.34. The molecule has 0 fully saturated rings. The van der Waals surface area contributed by atoms with E-state index in [0.717, 1.165) is 12.0 Å². The average molecular weight is 226 g/mol. The van der Waals surface area contributed by atoms with Crippen molar-refractivity contribution in [2.75, 3.05) is 6.61 Å². The quantitative estimate of drug-likeness (QED) is 0.564. The Morgan fingerprint density at radius 2 is 2.31 bits per heavy atom. The van der Waals surface area contributed by atoms with Crippen LogP contribution in [0.5, 0.6) is 0 Å². The van der Waals surface area contributed by atoms with Crippen LogP contribution < -0.4 is 11.3 Å². The van der Waals surface area contributed by atoms with Crippen LogP contribution in [0.2, 0.25) is 0 Å². The van der Waals surface area contributed by atoms with Gasteiger partial charge in [-0.1, -0.05) is 6.92 Å². The lowest BCUT2D eigenvalue weighted by atomic mass is 9.89. The largest absolute Gasteiger partial charge is 0.374 e. The summed E-state index contributed by atoms with van der Waals surface area (Å²) < 4.78 is 7.58. The van der Waals surface area contributed by atoms with Crippen molar-refractivity contribution < 1.29 is 4.74 Å². The third-order valence-electron chi connectivity index (χ3n) is 3.01. The molecule has 0 amide bonds. The second-order valence-electron chi connectivity index (χ2n) is 4.15. The first-order valence-corrected chi connectivity index (χ1v) is 5.66. The molecule has 1 aromatic rings. The molecule has 5 nitrogen and oxygen atoms in total. The fourth-order valence-electron chi connectivity index (χ4n) is 1.93. The van der Waals surface area contributed by atoms with E-state index in [2.05, 4.69) is 24.4 Å². The molecule has 1 rings (SSSR count). The summed E-state index contributed by atoms with van der Waals surface area (Å²) >= 11 is 0. The van der Waals surface area contributed by atoms with Crippen LogP contribution in [0.1, 0.15) is 38.8 Å². The molecule has 0 spiro atoms. The predicted octanol–water partition coefficient (Wildman–Crippen LogP) is 1.13. The number of nitrogens with two attached hydrogens (primary N) is 1. The lowest BCUT2D eigenvalue weighted by Gasteiger charge is -2.35. The first-order valence-electron chi connectivity index (χ1n) is 5.66. The number of nitrogens with one attached hydrogen (secondary N) is 1. The minimum atomic E-state index is -0.313. The smallest absolute Gasteiger partial charge is 0.0859 e. The van der Waals surface area contributed by atoms with E-state index >= 15 is 0 Å². The molecule has 0 aromatic carbocycles. The molecule has 0 aliphatic heterocycles. The molecule has 2 unspecified atom stereocenters. The van der Waals surface area contributed by atoms with Crippen molar-refractivity contribution in [3.63, 3.8) is 0 Å². The normalized spacial score (nSPS) is 17.1. The van der Waals surface area contributed by atoms with Crippen LogP contribution in [0, 0.1) is 0 Å². The number of hydrogen-bond donors (Lipinski definition) is 2. The molecular formula is C11H22N4O. The summed E-state index contributed by atoms with van der Waals surface area (Å²) in [5.74, 6) is 5.64. The van der Waals surface area contributed by atoms with Gasteiger partial charge in [0.05, 0.1) is 17.8 Å². The van der Waals surface area contributed by atoms with E-state index in [1.807, 2.05) is 26.4 Å². The van der Waals surface area contributed by atoms with Crippen LogP contribution in [0.4, 0.5) is 0 Å². The molecule has 1 aromatic heterocycles. The van der Waals surface area contributed by atoms with Crippen molar-refractivity contribution >= 4 is 0 Å². The monoisotopic (exact) mass is 226 g/mol. The van der Waals surface area contributed by atoms with Gasteiger partial charge in [-0.05, 0) is 20.3 Å². The van der Waals surface area contributed by atoms with Gasteiger partial charge >= 0.3 is 0 Å². The molecule has 0 bridgehead atoms. The first-order chi connectivity index (χ1) is 7.57. The Morgan fingerprint density at radius 1 is 1.62 bits per heavy atom. The summed E-state index contributed by atoms with van der Waals surface area (Å²) in [6.07, 6.45) is 4.65. The Labute approximate surface area is 96.9 Å². The van der Waals surface area contributed by atoms with E-state index < -0.39 is 0 Å². The van der Waals surface area contributed by atoms with Crippen LogP contribution in [-0.2, 0) is 11.8 Å². The van der Waals surface area contributed by atoms with Crippen LogP contribution in [0.25, 0.3) is 0 Å². The Kier molecular flexibility index (Phi) is 4.46. The highest BCUT2D eigenvalue weighted by Crippen LogP contribution is 2.31. The molecule has 92 valence electrons. The van der Waals surface area contributed by atoms with Gasteiger partial charge in [-0.25, -0.2) is 5.43 Å². The number of aryl methyl sites for hydroxylation is 1. The number of hydrogen-bond acceptors (Lipinski definition) is 4. The van der Waals surface area contributed by atoms with Gasteiger partial charge in [0.15, 0.2) is 0 Å². The van der Waals surface area contributed by atoms with Crippen molar-refractivity contribution in [3.8, 4) is 0 Å². The molecule has 16 heavy (non-hydrogen) atoms. The molecule has 0 aliphatic rings. The van der Waals surface area contributed by atoms with Gasteiger partial charge in [0, 0.05) is 25.4 Å². The number of rotatable bonds is 6. The second kappa shape index (κ2) is 5.43. The van der Waals surface area contributed by atoms with Gasteiger partial charge in [0.25, 0.3) is 0 Å². The number of ether oxygens (including phenoxy) is 1. The SMILES string of the molecule is CCOC(C)(CC)C(NN)c1cnn(C)c1. The minimum absolute atomic E-state index is 0.0499. The van der Waals surface area contributed by atoms with E-state index in [9.17, 15) is 0 Å². The summed E-state index contributed by atoms with van der Waals surface area (Å²) in [6.45, 7) is 6.82. The second-order valence-corrected chi connectivity index (χ2v) is 4.15. The molecule has 0 aliphatic carbocycles. The van der Waals surface area contributed by atoms with Gasteiger partial charge in [-0.3, -0.25) is 10.5 Å². The van der Waals surface area contributed by atoms with Gasteiger partial charge in [0.2, 0.25) is 0 Å². The van der Waals surface area contributed by atoms with E-state index in [4.69, 9.17) is 10.6 Å². The van der Waals surface area contributed by atoms with Crippen LogP contribution in [-0.4, -0.2) is 22.0 Å². The molecule has 3 N–H and O–H groups in total. The predicted molar refractivity (Wildman–Crippen MR) is 63.6 cm³/mol. The fraction of sp³-hybridized carbons (Fsp3) is 0.727. The Bertz CT molecular complexity index is 326. The van der Waals surface area contributed by atoms with Crippen molar-refractivity contribution in [1.29, 1.82) is 0 Å². The Balaban J connectivity index is 2.95. The van der Waals surface area contributed by atoms with Crippen molar-refractivity contribution in [1.82, 2.24) is 15.2 Å². The van der Waals surface area contributed by atoms with Crippen LogP contribution >= 0.6 is 0 Å². The molecular weight excluding hydrogens is 204 g/mol. The van der Waals surface area contributed by atoms with E-state index in [0.29, 0.717) is 6.61 Å². The number of hydrazine groups is 1. The van der Waals surface area contributed by atoms with Crippen molar-refractivity contribution in [2.24, 2.45) is 12.9 Å². The molecule has 0 saturated carbocycles. The molecule has 2 atom stereocenters. The lowest BCUT2D eigenvalue weighted by Crippen LogP contribution is -2.46. The van der Waals surface area contributed by atoms with Crippen molar-refractivity contribution in [2.45, 2.75) is 38.8 Å². The zero-order valence-corrected chi connectivity index (χ0v) is 10.5. The van der Waals surface area contributed by atoms with Crippen LogP contribution in [0.15, 0.2) is 12.4 Å². The molecule has 0 saturated heterocycles. The maximum absolute atomic E-state index is 5.82. The minimum Gasteiger partial charge on any atom is -0.374 e. The maximum atomic E-state index is 5.82. The summed E-state index contributed by atoms with van der Waals surface area (Å²) in [6, 6.07) is -0.0499. The third kappa shape index (κ3) is 2.61.